The normalized spacial score (nSPS) is 18.9. The van der Waals surface area contributed by atoms with Crippen LogP contribution in [0.2, 0.25) is 0 Å². The molecule has 3 aromatic rings. The van der Waals surface area contributed by atoms with Gasteiger partial charge in [-0.25, -0.2) is 8.78 Å². The number of hydrogen-bond acceptors (Lipinski definition) is 4. The fourth-order valence-corrected chi connectivity index (χ4v) is 5.24. The molecule has 0 saturated heterocycles. The largest absolute Gasteiger partial charge is 0.486 e. The second-order valence-electron chi connectivity index (χ2n) is 9.07. The van der Waals surface area contributed by atoms with Gasteiger partial charge in [0.05, 0.1) is 0 Å². The number of carbonyl (C=O) groups is 1. The van der Waals surface area contributed by atoms with E-state index in [2.05, 4.69) is 0 Å². The van der Waals surface area contributed by atoms with Gasteiger partial charge >= 0.3 is 0 Å². The number of para-hydroxylation sites is 2. The average Bonchev–Trinajstić information content (AvgIpc) is 3.16. The minimum Gasteiger partial charge on any atom is -0.486 e. The number of amides is 1. The lowest BCUT2D eigenvalue weighted by molar-refractivity contribution is -0.120. The first kappa shape index (κ1) is 23.3. The standard InChI is InChI=1S/C28H28F2N2O3/c29-19-9-8-12-21(17-19)32(26(33)18-35-25-16-7-5-14-23(25)30)27-22-13-4-6-15-24(22)31(28(27)34)20-10-2-1-3-11-20/h4-9,12-17,20,26-27,33H,1-3,10-11,18H2. The Kier molecular flexibility index (Phi) is 6.68. The van der Waals surface area contributed by atoms with E-state index in [4.69, 9.17) is 4.74 Å². The number of benzene rings is 3. The molecule has 2 aliphatic rings. The molecule has 1 fully saturated rings. The number of carbonyl (C=O) groups excluding carboxylic acids is 1. The number of fused-ring (bicyclic) bond motifs is 1. The summed E-state index contributed by atoms with van der Waals surface area (Å²) in [6, 6.07) is 18.5. The fourth-order valence-electron chi connectivity index (χ4n) is 5.24. The molecule has 0 aromatic heterocycles. The predicted octanol–water partition coefficient (Wildman–Crippen LogP) is 5.59. The maximum absolute atomic E-state index is 14.3. The number of aliphatic hydroxyl groups excluding tert-OH is 1. The van der Waals surface area contributed by atoms with Crippen LogP contribution < -0.4 is 14.5 Å². The van der Waals surface area contributed by atoms with Gasteiger partial charge in [-0.2, -0.15) is 0 Å². The lowest BCUT2D eigenvalue weighted by Crippen LogP contribution is -2.48. The summed E-state index contributed by atoms with van der Waals surface area (Å²) in [7, 11) is 0. The Labute approximate surface area is 203 Å². The summed E-state index contributed by atoms with van der Waals surface area (Å²) in [5.74, 6) is -1.21. The molecule has 1 heterocycles. The summed E-state index contributed by atoms with van der Waals surface area (Å²) in [6.07, 6.45) is 3.79. The first-order valence-electron chi connectivity index (χ1n) is 12.1. The Morgan fingerprint density at radius 2 is 1.71 bits per heavy atom. The Morgan fingerprint density at radius 1 is 0.971 bits per heavy atom. The number of anilines is 2. The zero-order valence-corrected chi connectivity index (χ0v) is 19.3. The third-order valence-electron chi connectivity index (χ3n) is 6.83. The SMILES string of the molecule is O=C1C(N(c2cccc(F)c2)C(O)COc2ccccc2F)c2ccccc2N1C1CCCCC1. The van der Waals surface area contributed by atoms with Crippen LogP contribution in [0.4, 0.5) is 20.2 Å². The van der Waals surface area contributed by atoms with Gasteiger partial charge < -0.3 is 19.6 Å². The number of rotatable bonds is 7. The molecule has 0 radical (unpaired) electrons. The number of ether oxygens (including phenoxy) is 1. The lowest BCUT2D eigenvalue weighted by Gasteiger charge is -2.36. The van der Waals surface area contributed by atoms with Crippen LogP contribution in [-0.4, -0.2) is 29.9 Å². The Hall–Kier alpha value is -3.45. The summed E-state index contributed by atoms with van der Waals surface area (Å²) in [5, 5.41) is 11.3. The molecule has 2 unspecified atom stereocenters. The van der Waals surface area contributed by atoms with Crippen molar-refractivity contribution in [1.29, 1.82) is 0 Å². The van der Waals surface area contributed by atoms with E-state index in [9.17, 15) is 18.7 Å². The molecule has 1 aliphatic carbocycles. The number of nitrogens with zero attached hydrogens (tertiary/aromatic N) is 2. The topological polar surface area (TPSA) is 53.0 Å². The van der Waals surface area contributed by atoms with Crippen LogP contribution in [0.15, 0.2) is 72.8 Å². The van der Waals surface area contributed by atoms with Crippen molar-refractivity contribution in [3.05, 3.63) is 90.0 Å². The molecule has 182 valence electrons. The van der Waals surface area contributed by atoms with Gasteiger partial charge in [0, 0.05) is 23.0 Å². The van der Waals surface area contributed by atoms with Gasteiger partial charge in [-0.3, -0.25) is 4.79 Å². The van der Waals surface area contributed by atoms with E-state index in [1.165, 1.54) is 35.2 Å². The highest BCUT2D eigenvalue weighted by Crippen LogP contribution is 2.44. The number of aliphatic hydroxyl groups is 1. The van der Waals surface area contributed by atoms with Crippen molar-refractivity contribution in [2.75, 3.05) is 16.4 Å². The van der Waals surface area contributed by atoms with Crippen molar-refractivity contribution in [2.45, 2.75) is 50.4 Å². The molecule has 1 N–H and O–H groups in total. The van der Waals surface area contributed by atoms with Crippen LogP contribution in [0.5, 0.6) is 5.75 Å². The number of halogens is 2. The van der Waals surface area contributed by atoms with E-state index in [1.807, 2.05) is 29.2 Å². The summed E-state index contributed by atoms with van der Waals surface area (Å²) >= 11 is 0. The second-order valence-corrected chi connectivity index (χ2v) is 9.07. The smallest absolute Gasteiger partial charge is 0.254 e. The maximum Gasteiger partial charge on any atom is 0.254 e. The van der Waals surface area contributed by atoms with E-state index in [0.29, 0.717) is 5.69 Å². The number of hydrogen-bond donors (Lipinski definition) is 1. The quantitative estimate of drug-likeness (QED) is 0.450. The van der Waals surface area contributed by atoms with Crippen LogP contribution in [0.3, 0.4) is 0 Å². The van der Waals surface area contributed by atoms with Crippen molar-refractivity contribution >= 4 is 17.3 Å². The first-order valence-corrected chi connectivity index (χ1v) is 12.1. The maximum atomic E-state index is 14.3. The second kappa shape index (κ2) is 10.0. The van der Waals surface area contributed by atoms with E-state index in [0.717, 1.165) is 43.4 Å². The van der Waals surface area contributed by atoms with E-state index in [-0.39, 0.29) is 24.3 Å². The molecule has 2 atom stereocenters. The summed E-state index contributed by atoms with van der Waals surface area (Å²) < 4.78 is 33.9. The van der Waals surface area contributed by atoms with Gasteiger partial charge in [0.2, 0.25) is 0 Å². The average molecular weight is 479 g/mol. The summed E-state index contributed by atoms with van der Waals surface area (Å²) in [4.78, 5) is 17.3. The molecule has 0 bridgehead atoms. The van der Waals surface area contributed by atoms with Crippen LogP contribution in [0.25, 0.3) is 0 Å². The fraction of sp³-hybridized carbons (Fsp3) is 0.321. The van der Waals surface area contributed by atoms with E-state index in [1.54, 1.807) is 18.2 Å². The van der Waals surface area contributed by atoms with Crippen LogP contribution in [0.1, 0.15) is 43.7 Å². The third kappa shape index (κ3) is 4.60. The monoisotopic (exact) mass is 478 g/mol. The molecule has 0 spiro atoms. The molecule has 35 heavy (non-hydrogen) atoms. The van der Waals surface area contributed by atoms with Crippen molar-refractivity contribution < 1.29 is 23.4 Å². The van der Waals surface area contributed by atoms with Gasteiger partial charge in [-0.1, -0.05) is 55.7 Å². The Balaban J connectivity index is 1.52. The minimum absolute atomic E-state index is 0.00674. The first-order chi connectivity index (χ1) is 17.0. The zero-order valence-electron chi connectivity index (χ0n) is 19.3. The Bertz CT molecular complexity index is 1200. The molecule has 1 aliphatic heterocycles. The minimum atomic E-state index is -1.34. The summed E-state index contributed by atoms with van der Waals surface area (Å²) in [6.45, 7) is -0.313. The molecular formula is C28H28F2N2O3. The Morgan fingerprint density at radius 3 is 2.49 bits per heavy atom. The summed E-state index contributed by atoms with van der Waals surface area (Å²) in [5.41, 5.74) is 1.91. The molecule has 5 nitrogen and oxygen atoms in total. The van der Waals surface area contributed by atoms with E-state index < -0.39 is 23.9 Å². The zero-order chi connectivity index (χ0) is 24.4. The molecule has 3 aromatic carbocycles. The van der Waals surface area contributed by atoms with Crippen molar-refractivity contribution in [3.8, 4) is 5.75 Å². The van der Waals surface area contributed by atoms with Crippen LogP contribution >= 0.6 is 0 Å². The van der Waals surface area contributed by atoms with Crippen molar-refractivity contribution in [2.24, 2.45) is 0 Å². The predicted molar refractivity (Wildman–Crippen MR) is 130 cm³/mol. The molecule has 5 rings (SSSR count). The molecular weight excluding hydrogens is 450 g/mol. The van der Waals surface area contributed by atoms with Gasteiger partial charge in [0.25, 0.3) is 5.91 Å². The van der Waals surface area contributed by atoms with Crippen molar-refractivity contribution in [1.82, 2.24) is 0 Å². The van der Waals surface area contributed by atoms with Gasteiger partial charge in [0.15, 0.2) is 17.8 Å². The molecule has 7 heteroatoms. The van der Waals surface area contributed by atoms with E-state index >= 15 is 0 Å². The highest BCUT2D eigenvalue weighted by Gasteiger charge is 2.45. The van der Waals surface area contributed by atoms with Gasteiger partial charge in [-0.15, -0.1) is 0 Å². The van der Waals surface area contributed by atoms with Crippen molar-refractivity contribution in [3.63, 3.8) is 0 Å². The van der Waals surface area contributed by atoms with Gasteiger partial charge in [0.1, 0.15) is 18.5 Å². The highest BCUT2D eigenvalue weighted by molar-refractivity contribution is 6.07. The van der Waals surface area contributed by atoms with Crippen LogP contribution in [0, 0.1) is 11.6 Å². The van der Waals surface area contributed by atoms with Gasteiger partial charge in [-0.05, 0) is 49.2 Å². The molecule has 1 amide bonds. The highest BCUT2D eigenvalue weighted by atomic mass is 19.1. The molecule has 1 saturated carbocycles. The van der Waals surface area contributed by atoms with Crippen LogP contribution in [-0.2, 0) is 4.79 Å². The third-order valence-corrected chi connectivity index (χ3v) is 6.83. The lowest BCUT2D eigenvalue weighted by atomic mass is 9.94.